The number of piperidine rings is 1. The molecule has 2 aliphatic rings. The van der Waals surface area contributed by atoms with E-state index >= 15 is 0 Å². The van der Waals surface area contributed by atoms with Gasteiger partial charge in [-0.15, -0.1) is 0 Å². The van der Waals surface area contributed by atoms with Crippen LogP contribution < -0.4 is 5.73 Å². The predicted octanol–water partition coefficient (Wildman–Crippen LogP) is 1.19. The first-order valence-electron chi connectivity index (χ1n) is 12.0. The van der Waals surface area contributed by atoms with Crippen LogP contribution in [0.3, 0.4) is 0 Å². The molecular weight excluding hydrogens is 496 g/mol. The second-order valence-electron chi connectivity index (χ2n) is 9.65. The van der Waals surface area contributed by atoms with Crippen LogP contribution in [0.4, 0.5) is 5.82 Å². The number of rotatable bonds is 5. The monoisotopic (exact) mass is 522 g/mol. The van der Waals surface area contributed by atoms with Crippen LogP contribution in [0.2, 0.25) is 0 Å². The van der Waals surface area contributed by atoms with Crippen molar-refractivity contribution in [1.82, 2.24) is 34.3 Å². The highest BCUT2D eigenvalue weighted by Crippen LogP contribution is 2.45. The molecule has 4 aromatic heterocycles. The lowest BCUT2D eigenvalue weighted by Crippen LogP contribution is -2.47. The third kappa shape index (κ3) is 3.85. The minimum absolute atomic E-state index is 0.0103. The van der Waals surface area contributed by atoms with E-state index in [2.05, 4.69) is 15.2 Å². The van der Waals surface area contributed by atoms with Crippen LogP contribution in [0.25, 0.3) is 22.6 Å². The van der Waals surface area contributed by atoms with Crippen LogP contribution in [-0.4, -0.2) is 78.6 Å². The van der Waals surface area contributed by atoms with Gasteiger partial charge in [0.05, 0.1) is 11.9 Å². The third-order valence-corrected chi connectivity index (χ3v) is 8.54. The average Bonchev–Trinajstić information content (AvgIpc) is 3.61. The van der Waals surface area contributed by atoms with Gasteiger partial charge in [-0.25, -0.2) is 23.1 Å². The molecule has 2 fully saturated rings. The molecule has 3 atom stereocenters. The Kier molecular flexibility index (Phi) is 5.49. The zero-order valence-corrected chi connectivity index (χ0v) is 20.9. The van der Waals surface area contributed by atoms with Crippen molar-refractivity contribution in [3.8, 4) is 16.9 Å². The van der Waals surface area contributed by atoms with Gasteiger partial charge in [0.2, 0.25) is 5.91 Å². The number of aliphatic hydroxyl groups excluding tert-OH is 1. The van der Waals surface area contributed by atoms with E-state index in [1.165, 1.54) is 4.52 Å². The number of pyridine rings is 1. The fourth-order valence-electron chi connectivity index (χ4n) is 5.85. The second-order valence-corrected chi connectivity index (χ2v) is 11.6. The first-order chi connectivity index (χ1) is 17.8. The number of nitrogens with two attached hydrogens (primary N) is 1. The molecule has 6 heterocycles. The summed E-state index contributed by atoms with van der Waals surface area (Å²) < 4.78 is 28.8. The minimum Gasteiger partial charge on any atom is -0.387 e. The summed E-state index contributed by atoms with van der Waals surface area (Å²) in [5.41, 5.74) is 8.70. The lowest BCUT2D eigenvalue weighted by Gasteiger charge is -2.39. The van der Waals surface area contributed by atoms with Gasteiger partial charge in [-0.1, -0.05) is 0 Å². The Morgan fingerprint density at radius 3 is 2.51 bits per heavy atom. The summed E-state index contributed by atoms with van der Waals surface area (Å²) in [7, 11) is -3.73. The Hall–Kier alpha value is -3.84. The van der Waals surface area contributed by atoms with Crippen molar-refractivity contribution in [3.05, 3.63) is 48.7 Å². The molecule has 0 aliphatic carbocycles. The topological polar surface area (TPSA) is 162 Å². The first kappa shape index (κ1) is 23.6. The number of carbonyl (C=O) groups is 1. The van der Waals surface area contributed by atoms with Crippen molar-refractivity contribution in [1.29, 1.82) is 0 Å². The molecule has 6 rings (SSSR count). The van der Waals surface area contributed by atoms with Crippen molar-refractivity contribution in [3.63, 3.8) is 0 Å². The molecule has 0 spiro atoms. The summed E-state index contributed by atoms with van der Waals surface area (Å²) in [4.78, 5) is 23.4. The first-order valence-corrected chi connectivity index (χ1v) is 13.9. The van der Waals surface area contributed by atoms with Crippen LogP contribution in [0.15, 0.2) is 47.9 Å². The van der Waals surface area contributed by atoms with Crippen molar-refractivity contribution in [2.24, 2.45) is 0 Å². The van der Waals surface area contributed by atoms with Crippen LogP contribution >= 0.6 is 0 Å². The molecule has 2 aliphatic heterocycles. The number of aliphatic hydroxyl groups is 1. The van der Waals surface area contributed by atoms with Gasteiger partial charge in [0.1, 0.15) is 17.3 Å². The molecule has 2 bridgehead atoms. The van der Waals surface area contributed by atoms with E-state index < -0.39 is 16.4 Å². The number of sulfone groups is 1. The van der Waals surface area contributed by atoms with E-state index in [4.69, 9.17) is 10.7 Å². The summed E-state index contributed by atoms with van der Waals surface area (Å²) in [5, 5.41) is 17.9. The number of nitrogen functional groups attached to an aromatic ring is 1. The molecule has 37 heavy (non-hydrogen) atoms. The Labute approximate surface area is 212 Å². The summed E-state index contributed by atoms with van der Waals surface area (Å²) in [6.07, 6.45) is 10.6. The van der Waals surface area contributed by atoms with Crippen molar-refractivity contribution < 1.29 is 18.3 Å². The van der Waals surface area contributed by atoms with Gasteiger partial charge in [0.25, 0.3) is 0 Å². The van der Waals surface area contributed by atoms with E-state index in [9.17, 15) is 18.3 Å². The minimum atomic E-state index is -3.73. The van der Waals surface area contributed by atoms with Gasteiger partial charge in [-0.2, -0.15) is 14.7 Å². The van der Waals surface area contributed by atoms with Gasteiger partial charge < -0.3 is 15.7 Å². The SMILES string of the molecule is CS(=O)(=O)c1c([C@H]2C[C@H]3CC[C@@H](C2)N3C(=O)CO)nc2c(-c3ccc(-n4cccn4)nc3)cnn2c1N. The zero-order chi connectivity index (χ0) is 25.9. The van der Waals surface area contributed by atoms with Crippen molar-refractivity contribution >= 4 is 27.2 Å². The average molecular weight is 523 g/mol. The van der Waals surface area contributed by atoms with Crippen LogP contribution in [-0.2, 0) is 14.6 Å². The lowest BCUT2D eigenvalue weighted by molar-refractivity contribution is -0.138. The fourth-order valence-corrected chi connectivity index (χ4v) is 6.91. The molecule has 0 radical (unpaired) electrons. The molecular formula is C24H26N8O4S. The highest BCUT2D eigenvalue weighted by Gasteiger charge is 2.45. The Morgan fingerprint density at radius 1 is 1.16 bits per heavy atom. The smallest absolute Gasteiger partial charge is 0.248 e. The van der Waals surface area contributed by atoms with Gasteiger partial charge in [0.15, 0.2) is 21.3 Å². The number of amides is 1. The Bertz CT molecular complexity index is 1580. The predicted molar refractivity (Wildman–Crippen MR) is 134 cm³/mol. The number of nitrogens with zero attached hydrogens (tertiary/aromatic N) is 7. The molecule has 2 saturated heterocycles. The summed E-state index contributed by atoms with van der Waals surface area (Å²) in [6, 6.07) is 5.37. The zero-order valence-electron chi connectivity index (χ0n) is 20.1. The molecule has 0 aromatic carbocycles. The molecule has 0 saturated carbocycles. The van der Waals surface area contributed by atoms with Crippen LogP contribution in [0.5, 0.6) is 0 Å². The summed E-state index contributed by atoms with van der Waals surface area (Å²) >= 11 is 0. The third-order valence-electron chi connectivity index (χ3n) is 7.38. The number of fused-ring (bicyclic) bond motifs is 3. The van der Waals surface area contributed by atoms with Gasteiger partial charge in [-0.3, -0.25) is 4.79 Å². The maximum Gasteiger partial charge on any atom is 0.248 e. The highest BCUT2D eigenvalue weighted by atomic mass is 32.2. The number of hydrogen-bond donors (Lipinski definition) is 2. The molecule has 0 unspecified atom stereocenters. The normalized spacial score (nSPS) is 21.6. The van der Waals surface area contributed by atoms with Gasteiger partial charge in [-0.05, 0) is 43.9 Å². The second kappa shape index (κ2) is 8.63. The standard InChI is InChI=1S/C24H26N8O4S/c1-37(35,36)22-21(15-9-16-4-5-17(10-15)31(16)20(34)13-33)29-24-18(12-28-32(24)23(22)25)14-3-6-19(26-11-14)30-8-2-7-27-30/h2-3,6-8,11-12,15-17,33H,4-5,9-10,13,25H2,1H3/t15-,16+,17-. The van der Waals surface area contributed by atoms with E-state index in [1.807, 2.05) is 18.2 Å². The fraction of sp³-hybridized carbons (Fsp3) is 0.375. The molecule has 13 heteroatoms. The van der Waals surface area contributed by atoms with Crippen molar-refractivity contribution in [2.75, 3.05) is 18.6 Å². The highest BCUT2D eigenvalue weighted by molar-refractivity contribution is 7.91. The van der Waals surface area contributed by atoms with E-state index in [0.717, 1.165) is 24.7 Å². The summed E-state index contributed by atoms with van der Waals surface area (Å²) in [6.45, 7) is -0.532. The molecule has 4 aromatic rings. The maximum atomic E-state index is 12.9. The Balaban J connectivity index is 1.45. The maximum absolute atomic E-state index is 12.9. The van der Waals surface area contributed by atoms with Crippen LogP contribution in [0.1, 0.15) is 37.3 Å². The largest absolute Gasteiger partial charge is 0.387 e. The number of aromatic nitrogens is 6. The number of hydrogen-bond acceptors (Lipinski definition) is 9. The summed E-state index contributed by atoms with van der Waals surface area (Å²) in [5.74, 6) is 0.162. The van der Waals surface area contributed by atoms with Gasteiger partial charge >= 0.3 is 0 Å². The van der Waals surface area contributed by atoms with Gasteiger partial charge in [0, 0.05) is 54.0 Å². The van der Waals surface area contributed by atoms with Crippen LogP contribution in [0, 0.1) is 0 Å². The Morgan fingerprint density at radius 2 is 1.92 bits per heavy atom. The van der Waals surface area contributed by atoms with E-state index in [-0.39, 0.29) is 34.6 Å². The molecule has 12 nitrogen and oxygen atoms in total. The molecule has 1 amide bonds. The van der Waals surface area contributed by atoms with E-state index in [0.29, 0.717) is 35.6 Å². The number of carbonyl (C=O) groups excluding carboxylic acids is 1. The number of anilines is 1. The lowest BCUT2D eigenvalue weighted by atomic mass is 9.87. The van der Waals surface area contributed by atoms with E-state index in [1.54, 1.807) is 34.4 Å². The molecule has 192 valence electrons. The molecule has 3 N–H and O–H groups in total. The van der Waals surface area contributed by atoms with Crippen molar-refractivity contribution in [2.45, 2.75) is 48.6 Å². The quantitative estimate of drug-likeness (QED) is 0.392.